The number of hydrogen-bond acceptors (Lipinski definition) is 3. The van der Waals surface area contributed by atoms with Gasteiger partial charge in [-0.1, -0.05) is 48.3 Å². The van der Waals surface area contributed by atoms with Gasteiger partial charge in [-0.25, -0.2) is 0 Å². The number of hydrogen-bond donors (Lipinski definition) is 3. The van der Waals surface area contributed by atoms with Crippen molar-refractivity contribution in [2.45, 2.75) is 38.6 Å². The molecule has 1 aliphatic rings. The summed E-state index contributed by atoms with van der Waals surface area (Å²) in [6.07, 6.45) is 3.11. The van der Waals surface area contributed by atoms with Crippen LogP contribution in [-0.2, 0) is 4.79 Å². The molecule has 1 aromatic carbocycles. The molecule has 0 radical (unpaired) electrons. The molecule has 1 aliphatic carbocycles. The molecule has 108 valence electrons. The fourth-order valence-corrected chi connectivity index (χ4v) is 2.83. The summed E-state index contributed by atoms with van der Waals surface area (Å²) in [6.45, 7) is 1.93. The summed E-state index contributed by atoms with van der Waals surface area (Å²) in [4.78, 5) is 12.6. The lowest BCUT2D eigenvalue weighted by molar-refractivity contribution is -0.128. The van der Waals surface area contributed by atoms with Gasteiger partial charge in [0.1, 0.15) is 5.41 Å². The lowest BCUT2D eigenvalue weighted by Crippen LogP contribution is -2.48. The van der Waals surface area contributed by atoms with E-state index in [-0.39, 0.29) is 17.8 Å². The zero-order chi connectivity index (χ0) is 14.6. The first-order valence-corrected chi connectivity index (χ1v) is 6.94. The molecule has 1 fully saturated rings. The molecule has 1 unspecified atom stereocenters. The van der Waals surface area contributed by atoms with Crippen LogP contribution in [0.3, 0.4) is 0 Å². The van der Waals surface area contributed by atoms with E-state index in [1.165, 1.54) is 0 Å². The molecule has 1 aromatic rings. The van der Waals surface area contributed by atoms with Crippen LogP contribution in [0.1, 0.15) is 44.2 Å². The maximum absolute atomic E-state index is 12.6. The third-order valence-electron chi connectivity index (χ3n) is 4.14. The van der Waals surface area contributed by atoms with E-state index in [4.69, 9.17) is 10.9 Å². The van der Waals surface area contributed by atoms with Gasteiger partial charge in [-0.3, -0.25) is 4.79 Å². The minimum atomic E-state index is -0.849. The van der Waals surface area contributed by atoms with Gasteiger partial charge in [0.2, 0.25) is 5.91 Å². The zero-order valence-electron chi connectivity index (χ0n) is 11.7. The Morgan fingerprint density at radius 1 is 1.35 bits per heavy atom. The highest BCUT2D eigenvalue weighted by molar-refractivity contribution is 6.07. The smallest absolute Gasteiger partial charge is 0.234 e. The van der Waals surface area contributed by atoms with Gasteiger partial charge in [0.15, 0.2) is 5.84 Å². The van der Waals surface area contributed by atoms with Crippen molar-refractivity contribution >= 4 is 11.7 Å². The minimum Gasteiger partial charge on any atom is -0.409 e. The van der Waals surface area contributed by atoms with Gasteiger partial charge in [-0.2, -0.15) is 0 Å². The fourth-order valence-electron chi connectivity index (χ4n) is 2.83. The van der Waals surface area contributed by atoms with Crippen molar-refractivity contribution in [2.75, 3.05) is 0 Å². The standard InChI is InChI=1S/C15H21N3O2/c1-11(12-7-3-2-4-8-12)17-14(19)15(13(16)18-20)9-5-6-10-15/h2-4,7-8,11,20H,5-6,9-10H2,1H3,(H2,16,18)(H,17,19). The number of nitrogens with two attached hydrogens (primary N) is 1. The summed E-state index contributed by atoms with van der Waals surface area (Å²) in [5.41, 5.74) is 5.95. The van der Waals surface area contributed by atoms with E-state index in [1.807, 2.05) is 37.3 Å². The van der Waals surface area contributed by atoms with Crippen LogP contribution >= 0.6 is 0 Å². The fraction of sp³-hybridized carbons (Fsp3) is 0.467. The highest BCUT2D eigenvalue weighted by Gasteiger charge is 2.45. The molecule has 0 saturated heterocycles. The summed E-state index contributed by atoms with van der Waals surface area (Å²) in [5.74, 6) is -0.130. The molecule has 2 rings (SSSR count). The maximum atomic E-state index is 12.6. The number of amides is 1. The molecule has 1 amide bonds. The zero-order valence-corrected chi connectivity index (χ0v) is 11.7. The van der Waals surface area contributed by atoms with Gasteiger partial charge in [-0.15, -0.1) is 0 Å². The topological polar surface area (TPSA) is 87.7 Å². The van der Waals surface area contributed by atoms with E-state index in [9.17, 15) is 4.79 Å². The van der Waals surface area contributed by atoms with Crippen molar-refractivity contribution in [1.82, 2.24) is 5.32 Å². The van der Waals surface area contributed by atoms with Crippen molar-refractivity contribution in [3.8, 4) is 0 Å². The number of nitrogens with zero attached hydrogens (tertiary/aromatic N) is 1. The van der Waals surface area contributed by atoms with Gasteiger partial charge in [0, 0.05) is 0 Å². The van der Waals surface area contributed by atoms with E-state index < -0.39 is 5.41 Å². The molecular weight excluding hydrogens is 254 g/mol. The average Bonchev–Trinajstić information content (AvgIpc) is 2.98. The van der Waals surface area contributed by atoms with E-state index in [2.05, 4.69) is 10.5 Å². The van der Waals surface area contributed by atoms with E-state index in [0.29, 0.717) is 12.8 Å². The highest BCUT2D eigenvalue weighted by Crippen LogP contribution is 2.39. The number of rotatable bonds is 4. The number of benzene rings is 1. The molecule has 4 N–H and O–H groups in total. The summed E-state index contributed by atoms with van der Waals surface area (Å²) in [5, 5.41) is 15.0. The van der Waals surface area contributed by atoms with Crippen LogP contribution in [0.5, 0.6) is 0 Å². The SMILES string of the molecule is CC(NC(=O)C1(C(N)=NO)CCCC1)c1ccccc1. The maximum Gasteiger partial charge on any atom is 0.234 e. The molecule has 0 spiro atoms. The van der Waals surface area contributed by atoms with Gasteiger partial charge >= 0.3 is 0 Å². The Balaban J connectivity index is 2.14. The van der Waals surface area contributed by atoms with Crippen LogP contribution in [0.2, 0.25) is 0 Å². The Hall–Kier alpha value is -2.04. The third-order valence-corrected chi connectivity index (χ3v) is 4.14. The van der Waals surface area contributed by atoms with E-state index in [1.54, 1.807) is 0 Å². The Bertz CT molecular complexity index is 493. The molecule has 5 heteroatoms. The lowest BCUT2D eigenvalue weighted by Gasteiger charge is -2.28. The van der Waals surface area contributed by atoms with Crippen LogP contribution in [0.25, 0.3) is 0 Å². The van der Waals surface area contributed by atoms with Crippen molar-refractivity contribution in [3.63, 3.8) is 0 Å². The largest absolute Gasteiger partial charge is 0.409 e. The number of carbonyl (C=O) groups excluding carboxylic acids is 1. The van der Waals surface area contributed by atoms with Gasteiger partial charge in [0.05, 0.1) is 6.04 Å². The Morgan fingerprint density at radius 3 is 2.50 bits per heavy atom. The van der Waals surface area contributed by atoms with Crippen molar-refractivity contribution in [1.29, 1.82) is 0 Å². The van der Waals surface area contributed by atoms with Crippen LogP contribution in [0.15, 0.2) is 35.5 Å². The number of oxime groups is 1. The number of carbonyl (C=O) groups is 1. The molecular formula is C15H21N3O2. The van der Waals surface area contributed by atoms with Gasteiger partial charge in [0.25, 0.3) is 0 Å². The summed E-state index contributed by atoms with van der Waals surface area (Å²) >= 11 is 0. The highest BCUT2D eigenvalue weighted by atomic mass is 16.4. The van der Waals surface area contributed by atoms with E-state index in [0.717, 1.165) is 18.4 Å². The molecule has 0 bridgehead atoms. The Labute approximate surface area is 118 Å². The third kappa shape index (κ3) is 2.61. The second-order valence-corrected chi connectivity index (χ2v) is 5.38. The minimum absolute atomic E-state index is 0.0211. The first-order valence-electron chi connectivity index (χ1n) is 6.94. The first kappa shape index (κ1) is 14.4. The molecule has 0 aliphatic heterocycles. The molecule has 0 heterocycles. The molecule has 1 saturated carbocycles. The van der Waals surface area contributed by atoms with Crippen LogP contribution in [0, 0.1) is 5.41 Å². The average molecular weight is 275 g/mol. The normalized spacial score (nSPS) is 19.6. The second kappa shape index (κ2) is 5.94. The van der Waals surface area contributed by atoms with Crippen LogP contribution < -0.4 is 11.1 Å². The molecule has 5 nitrogen and oxygen atoms in total. The van der Waals surface area contributed by atoms with Gasteiger partial charge < -0.3 is 16.3 Å². The lowest BCUT2D eigenvalue weighted by atomic mass is 9.83. The van der Waals surface area contributed by atoms with Crippen LogP contribution in [-0.4, -0.2) is 17.0 Å². The predicted molar refractivity (Wildman–Crippen MR) is 77.3 cm³/mol. The van der Waals surface area contributed by atoms with Crippen LogP contribution in [0.4, 0.5) is 0 Å². The number of nitrogens with one attached hydrogen (secondary N) is 1. The predicted octanol–water partition coefficient (Wildman–Crippen LogP) is 2.17. The monoisotopic (exact) mass is 275 g/mol. The number of amidine groups is 1. The van der Waals surface area contributed by atoms with Crippen molar-refractivity contribution in [3.05, 3.63) is 35.9 Å². The molecule has 1 atom stereocenters. The molecule has 0 aromatic heterocycles. The summed E-state index contributed by atoms with van der Waals surface area (Å²) < 4.78 is 0. The molecule has 20 heavy (non-hydrogen) atoms. The Kier molecular flexibility index (Phi) is 4.27. The second-order valence-electron chi connectivity index (χ2n) is 5.38. The van der Waals surface area contributed by atoms with Crippen molar-refractivity contribution < 1.29 is 10.0 Å². The summed E-state index contributed by atoms with van der Waals surface area (Å²) in [7, 11) is 0. The van der Waals surface area contributed by atoms with Gasteiger partial charge in [-0.05, 0) is 25.3 Å². The summed E-state index contributed by atoms with van der Waals surface area (Å²) in [6, 6.07) is 9.64. The first-order chi connectivity index (χ1) is 9.60. The Morgan fingerprint density at radius 2 is 1.95 bits per heavy atom. The van der Waals surface area contributed by atoms with E-state index >= 15 is 0 Å². The quantitative estimate of drug-likeness (QED) is 0.340. The van der Waals surface area contributed by atoms with Crippen molar-refractivity contribution in [2.24, 2.45) is 16.3 Å².